The second-order valence-corrected chi connectivity index (χ2v) is 5.15. The van der Waals surface area contributed by atoms with E-state index in [4.69, 9.17) is 0 Å². The van der Waals surface area contributed by atoms with Gasteiger partial charge >= 0.3 is 0 Å². The first-order valence-electron chi connectivity index (χ1n) is 6.06. The van der Waals surface area contributed by atoms with E-state index in [1.165, 1.54) is 12.1 Å². The van der Waals surface area contributed by atoms with Crippen molar-refractivity contribution < 1.29 is 9.31 Å². The largest absolute Gasteiger partial charge is 0.307 e. The van der Waals surface area contributed by atoms with Gasteiger partial charge in [0.25, 0.3) is 5.69 Å². The van der Waals surface area contributed by atoms with Gasteiger partial charge in [-0.25, -0.2) is 4.39 Å². The number of rotatable bonds is 4. The number of nitro groups is 1. The molecule has 1 saturated carbocycles. The van der Waals surface area contributed by atoms with Crippen LogP contribution in [0.5, 0.6) is 0 Å². The van der Waals surface area contributed by atoms with Gasteiger partial charge in [0.05, 0.1) is 21.9 Å². The molecular formula is C12H10BrFN4O2. The van der Waals surface area contributed by atoms with E-state index in [9.17, 15) is 14.5 Å². The monoisotopic (exact) mass is 340 g/mol. The van der Waals surface area contributed by atoms with Crippen LogP contribution in [-0.2, 0) is 5.33 Å². The normalized spacial score (nSPS) is 14.5. The number of hydrogen-bond donors (Lipinski definition) is 0. The number of halogens is 2. The Morgan fingerprint density at radius 1 is 1.45 bits per heavy atom. The zero-order valence-electron chi connectivity index (χ0n) is 10.3. The van der Waals surface area contributed by atoms with Gasteiger partial charge in [-0.2, -0.15) is 0 Å². The van der Waals surface area contributed by atoms with E-state index in [1.54, 1.807) is 0 Å². The molecule has 0 saturated heterocycles. The Morgan fingerprint density at radius 3 is 2.80 bits per heavy atom. The van der Waals surface area contributed by atoms with Crippen molar-refractivity contribution in [3.63, 3.8) is 0 Å². The molecule has 0 bridgehead atoms. The lowest BCUT2D eigenvalue weighted by Crippen LogP contribution is -2.03. The number of nitro benzene ring substituents is 1. The molecule has 0 spiro atoms. The summed E-state index contributed by atoms with van der Waals surface area (Å²) in [6.07, 6.45) is 2.00. The molecule has 1 aromatic carbocycles. The maximum atomic E-state index is 13.2. The van der Waals surface area contributed by atoms with E-state index >= 15 is 0 Å². The summed E-state index contributed by atoms with van der Waals surface area (Å²) in [5.41, 5.74) is 0.00317. The van der Waals surface area contributed by atoms with Crippen LogP contribution in [0.4, 0.5) is 10.1 Å². The molecule has 1 fully saturated rings. The van der Waals surface area contributed by atoms with Crippen molar-refractivity contribution in [3.05, 3.63) is 40.0 Å². The number of hydrogen-bond acceptors (Lipinski definition) is 4. The van der Waals surface area contributed by atoms with Crippen LogP contribution < -0.4 is 0 Å². The minimum Gasteiger partial charge on any atom is -0.307 e. The molecule has 2 aromatic rings. The van der Waals surface area contributed by atoms with Crippen molar-refractivity contribution in [3.8, 4) is 11.4 Å². The van der Waals surface area contributed by atoms with Gasteiger partial charge in [0, 0.05) is 6.04 Å². The van der Waals surface area contributed by atoms with Gasteiger partial charge in [0.1, 0.15) is 11.6 Å². The summed E-state index contributed by atoms with van der Waals surface area (Å²) >= 11 is 3.33. The Kier molecular flexibility index (Phi) is 3.25. The summed E-state index contributed by atoms with van der Waals surface area (Å²) in [5.74, 6) is 0.508. The average Bonchev–Trinajstić information content (AvgIpc) is 3.18. The van der Waals surface area contributed by atoms with Gasteiger partial charge in [-0.1, -0.05) is 15.9 Å². The first-order valence-corrected chi connectivity index (χ1v) is 7.18. The Hall–Kier alpha value is -1.83. The molecule has 0 N–H and O–H groups in total. The molecule has 1 aliphatic rings. The predicted octanol–water partition coefficient (Wildman–Crippen LogP) is 3.22. The van der Waals surface area contributed by atoms with Gasteiger partial charge < -0.3 is 4.57 Å². The molecule has 1 aliphatic carbocycles. The van der Waals surface area contributed by atoms with Crippen molar-refractivity contribution in [2.45, 2.75) is 24.2 Å². The molecule has 6 nitrogen and oxygen atoms in total. The second kappa shape index (κ2) is 4.93. The van der Waals surface area contributed by atoms with Crippen molar-refractivity contribution in [2.24, 2.45) is 0 Å². The van der Waals surface area contributed by atoms with Crippen LogP contribution in [0.25, 0.3) is 11.4 Å². The molecule has 3 rings (SSSR count). The maximum Gasteiger partial charge on any atom is 0.283 e. The highest BCUT2D eigenvalue weighted by Crippen LogP contribution is 2.41. The third kappa shape index (κ3) is 2.20. The molecule has 20 heavy (non-hydrogen) atoms. The molecule has 8 heteroatoms. The van der Waals surface area contributed by atoms with Gasteiger partial charge in [-0.15, -0.1) is 10.2 Å². The highest BCUT2D eigenvalue weighted by atomic mass is 79.9. The van der Waals surface area contributed by atoms with Gasteiger partial charge in [-0.05, 0) is 25.0 Å². The van der Waals surface area contributed by atoms with Crippen molar-refractivity contribution in [2.75, 3.05) is 0 Å². The van der Waals surface area contributed by atoms with Crippen LogP contribution >= 0.6 is 15.9 Å². The van der Waals surface area contributed by atoms with Crippen molar-refractivity contribution in [1.82, 2.24) is 14.8 Å². The van der Waals surface area contributed by atoms with Gasteiger partial charge in [0.2, 0.25) is 0 Å². The Balaban J connectivity index is 2.18. The summed E-state index contributed by atoms with van der Waals surface area (Å²) in [6.45, 7) is 0. The van der Waals surface area contributed by atoms with Crippen molar-refractivity contribution in [1.29, 1.82) is 0 Å². The highest BCUT2D eigenvalue weighted by Gasteiger charge is 2.31. The maximum absolute atomic E-state index is 13.2. The summed E-state index contributed by atoms with van der Waals surface area (Å²) < 4.78 is 15.1. The number of aromatic nitrogens is 3. The number of alkyl halides is 1. The smallest absolute Gasteiger partial charge is 0.283 e. The van der Waals surface area contributed by atoms with Crippen LogP contribution in [0.2, 0.25) is 0 Å². The summed E-state index contributed by atoms with van der Waals surface area (Å²) in [6, 6.07) is 3.77. The third-order valence-corrected chi connectivity index (χ3v) is 3.70. The Bertz CT molecular complexity index is 684. The summed E-state index contributed by atoms with van der Waals surface area (Å²) in [5, 5.41) is 19.7. The van der Waals surface area contributed by atoms with E-state index in [2.05, 4.69) is 26.1 Å². The predicted molar refractivity (Wildman–Crippen MR) is 73.0 cm³/mol. The molecular weight excluding hydrogens is 331 g/mol. The fraction of sp³-hybridized carbons (Fsp3) is 0.333. The lowest BCUT2D eigenvalue weighted by atomic mass is 10.1. The van der Waals surface area contributed by atoms with Crippen LogP contribution in [0.3, 0.4) is 0 Å². The van der Waals surface area contributed by atoms with E-state index in [1.807, 2.05) is 4.57 Å². The van der Waals surface area contributed by atoms with Crippen LogP contribution in [-0.4, -0.2) is 19.7 Å². The number of nitrogens with zero attached hydrogens (tertiary/aromatic N) is 4. The fourth-order valence-corrected chi connectivity index (χ4v) is 2.54. The minimum atomic E-state index is -0.640. The average molecular weight is 341 g/mol. The molecule has 1 aromatic heterocycles. The van der Waals surface area contributed by atoms with E-state index in [0.29, 0.717) is 16.7 Å². The van der Waals surface area contributed by atoms with E-state index in [0.717, 1.165) is 24.7 Å². The molecule has 104 valence electrons. The Morgan fingerprint density at radius 2 is 2.20 bits per heavy atom. The standard InChI is InChI=1S/C12H10BrFN4O2/c13-6-11-15-16-12(17(11)8-2-3-8)9-4-1-7(14)5-10(9)18(19)20/h1,4-5,8H,2-3,6H2. The third-order valence-electron chi connectivity index (χ3n) is 3.20. The molecule has 0 amide bonds. The van der Waals surface area contributed by atoms with Gasteiger partial charge in [-0.3, -0.25) is 10.1 Å². The molecule has 0 radical (unpaired) electrons. The lowest BCUT2D eigenvalue weighted by molar-refractivity contribution is -0.384. The first kappa shape index (κ1) is 13.2. The molecule has 0 atom stereocenters. The molecule has 1 heterocycles. The van der Waals surface area contributed by atoms with E-state index < -0.39 is 10.7 Å². The second-order valence-electron chi connectivity index (χ2n) is 4.59. The van der Waals surface area contributed by atoms with Gasteiger partial charge in [0.15, 0.2) is 5.82 Å². The molecule has 0 unspecified atom stereocenters. The highest BCUT2D eigenvalue weighted by molar-refractivity contribution is 9.08. The zero-order chi connectivity index (χ0) is 14.3. The summed E-state index contributed by atoms with van der Waals surface area (Å²) in [4.78, 5) is 10.5. The fourth-order valence-electron chi connectivity index (χ4n) is 2.16. The van der Waals surface area contributed by atoms with Crippen LogP contribution in [0.1, 0.15) is 24.7 Å². The van der Waals surface area contributed by atoms with Crippen molar-refractivity contribution >= 4 is 21.6 Å². The number of benzene rings is 1. The van der Waals surface area contributed by atoms with E-state index in [-0.39, 0.29) is 11.7 Å². The molecule has 0 aliphatic heterocycles. The quantitative estimate of drug-likeness (QED) is 0.486. The van der Waals surface area contributed by atoms with Crippen LogP contribution in [0.15, 0.2) is 18.2 Å². The topological polar surface area (TPSA) is 73.8 Å². The zero-order valence-corrected chi connectivity index (χ0v) is 11.9. The van der Waals surface area contributed by atoms with Crippen LogP contribution in [0, 0.1) is 15.9 Å². The first-order chi connectivity index (χ1) is 9.61. The minimum absolute atomic E-state index is 0.275. The SMILES string of the molecule is O=[N+]([O-])c1cc(F)ccc1-c1nnc(CBr)n1C1CC1. The Labute approximate surface area is 121 Å². The summed E-state index contributed by atoms with van der Waals surface area (Å²) in [7, 11) is 0. The lowest BCUT2D eigenvalue weighted by Gasteiger charge is -2.08.